The third-order valence-corrected chi connectivity index (χ3v) is 4.63. The lowest BCUT2D eigenvalue weighted by Gasteiger charge is -2.27. The van der Waals surface area contributed by atoms with Gasteiger partial charge in [0.2, 0.25) is 0 Å². The van der Waals surface area contributed by atoms with Gasteiger partial charge in [0.25, 0.3) is 5.91 Å². The van der Waals surface area contributed by atoms with Crippen LogP contribution in [-0.4, -0.2) is 29.0 Å². The van der Waals surface area contributed by atoms with Gasteiger partial charge in [0.15, 0.2) is 0 Å². The molecule has 1 N–H and O–H groups in total. The van der Waals surface area contributed by atoms with Crippen molar-refractivity contribution in [3.63, 3.8) is 0 Å². The SMILES string of the molecule is O=C(Nc1cc(N2CCCCC2)ncn1)c1ccccc1I. The molecule has 0 saturated carbocycles. The number of nitrogens with zero attached hydrogens (tertiary/aromatic N) is 3. The molecule has 1 amide bonds. The summed E-state index contributed by atoms with van der Waals surface area (Å²) in [4.78, 5) is 23.1. The molecule has 1 aromatic carbocycles. The molecule has 1 fully saturated rings. The van der Waals surface area contributed by atoms with E-state index in [2.05, 4.69) is 42.8 Å². The van der Waals surface area contributed by atoms with Crippen molar-refractivity contribution < 1.29 is 4.79 Å². The Morgan fingerprint density at radius 3 is 2.68 bits per heavy atom. The normalized spacial score (nSPS) is 14.7. The summed E-state index contributed by atoms with van der Waals surface area (Å²) < 4.78 is 0.919. The maximum absolute atomic E-state index is 12.3. The lowest BCUT2D eigenvalue weighted by molar-refractivity contribution is 0.102. The summed E-state index contributed by atoms with van der Waals surface area (Å²) in [5.41, 5.74) is 0.654. The standard InChI is InChI=1S/C16H17IN4O/c17-13-7-3-2-6-12(13)16(22)20-14-10-15(19-11-18-14)21-8-4-1-5-9-21/h2-3,6-7,10-11H,1,4-5,8-9H2,(H,18,19,20,22). The molecule has 1 saturated heterocycles. The molecular formula is C16H17IN4O. The zero-order valence-corrected chi connectivity index (χ0v) is 14.3. The number of piperidine rings is 1. The number of amides is 1. The Labute approximate surface area is 143 Å². The number of aromatic nitrogens is 2. The van der Waals surface area contributed by atoms with Crippen LogP contribution in [0.2, 0.25) is 0 Å². The Kier molecular flexibility index (Phi) is 4.87. The van der Waals surface area contributed by atoms with Crippen LogP contribution in [0.4, 0.5) is 11.6 Å². The highest BCUT2D eigenvalue weighted by molar-refractivity contribution is 14.1. The van der Waals surface area contributed by atoms with Crippen LogP contribution in [0.3, 0.4) is 0 Å². The van der Waals surface area contributed by atoms with E-state index in [1.54, 1.807) is 0 Å². The second-order valence-electron chi connectivity index (χ2n) is 5.24. The number of anilines is 2. The summed E-state index contributed by atoms with van der Waals surface area (Å²) in [7, 11) is 0. The Morgan fingerprint density at radius 2 is 1.91 bits per heavy atom. The first kappa shape index (κ1) is 15.2. The molecule has 0 radical (unpaired) electrons. The van der Waals surface area contributed by atoms with Gasteiger partial charge in [0.1, 0.15) is 18.0 Å². The molecule has 6 heteroatoms. The number of carbonyl (C=O) groups is 1. The van der Waals surface area contributed by atoms with Crippen molar-refractivity contribution in [2.24, 2.45) is 0 Å². The second-order valence-corrected chi connectivity index (χ2v) is 6.41. The molecule has 5 nitrogen and oxygen atoms in total. The molecule has 2 heterocycles. The molecule has 2 aromatic rings. The number of hydrogen-bond acceptors (Lipinski definition) is 4. The largest absolute Gasteiger partial charge is 0.356 e. The van der Waals surface area contributed by atoms with E-state index in [1.807, 2.05) is 30.3 Å². The van der Waals surface area contributed by atoms with E-state index in [0.29, 0.717) is 11.4 Å². The van der Waals surface area contributed by atoms with Crippen LogP contribution >= 0.6 is 22.6 Å². The van der Waals surface area contributed by atoms with Crippen molar-refractivity contribution in [3.05, 3.63) is 45.8 Å². The fourth-order valence-corrected chi connectivity index (χ4v) is 3.17. The molecule has 114 valence electrons. The van der Waals surface area contributed by atoms with Gasteiger partial charge in [-0.15, -0.1) is 0 Å². The van der Waals surface area contributed by atoms with E-state index in [4.69, 9.17) is 0 Å². The van der Waals surface area contributed by atoms with Crippen molar-refractivity contribution >= 4 is 40.1 Å². The molecule has 0 bridgehead atoms. The monoisotopic (exact) mass is 408 g/mol. The van der Waals surface area contributed by atoms with Gasteiger partial charge in [-0.25, -0.2) is 9.97 Å². The van der Waals surface area contributed by atoms with Crippen molar-refractivity contribution in [1.82, 2.24) is 9.97 Å². The number of hydrogen-bond donors (Lipinski definition) is 1. The molecule has 1 aromatic heterocycles. The van der Waals surface area contributed by atoms with Gasteiger partial charge < -0.3 is 10.2 Å². The number of rotatable bonds is 3. The lowest BCUT2D eigenvalue weighted by Crippen LogP contribution is -2.30. The van der Waals surface area contributed by atoms with Crippen molar-refractivity contribution in [1.29, 1.82) is 0 Å². The molecule has 1 aliphatic rings. The maximum Gasteiger partial charge on any atom is 0.257 e. The predicted molar refractivity (Wildman–Crippen MR) is 95.2 cm³/mol. The van der Waals surface area contributed by atoms with Gasteiger partial charge in [0.05, 0.1) is 5.56 Å². The number of carbonyl (C=O) groups excluding carboxylic acids is 1. The quantitative estimate of drug-likeness (QED) is 0.792. The summed E-state index contributed by atoms with van der Waals surface area (Å²) >= 11 is 2.16. The first-order chi connectivity index (χ1) is 10.7. The molecule has 0 unspecified atom stereocenters. The predicted octanol–water partition coefficient (Wildman–Crippen LogP) is 3.32. The summed E-state index contributed by atoms with van der Waals surface area (Å²) in [5.74, 6) is 1.28. The van der Waals surface area contributed by atoms with E-state index in [9.17, 15) is 4.79 Å². The lowest BCUT2D eigenvalue weighted by atomic mass is 10.1. The molecule has 1 aliphatic heterocycles. The first-order valence-electron chi connectivity index (χ1n) is 7.37. The van der Waals surface area contributed by atoms with Crippen LogP contribution in [0.1, 0.15) is 29.6 Å². The van der Waals surface area contributed by atoms with Crippen LogP contribution in [0.25, 0.3) is 0 Å². The zero-order valence-electron chi connectivity index (χ0n) is 12.1. The van der Waals surface area contributed by atoms with Crippen LogP contribution in [0, 0.1) is 3.57 Å². The van der Waals surface area contributed by atoms with Gasteiger partial charge in [-0.1, -0.05) is 12.1 Å². The van der Waals surface area contributed by atoms with Crippen LogP contribution in [0.5, 0.6) is 0 Å². The van der Waals surface area contributed by atoms with Crippen molar-refractivity contribution in [2.45, 2.75) is 19.3 Å². The summed E-state index contributed by atoms with van der Waals surface area (Å²) in [6, 6.07) is 9.34. The van der Waals surface area contributed by atoms with E-state index < -0.39 is 0 Å². The van der Waals surface area contributed by atoms with Gasteiger partial charge in [-0.2, -0.15) is 0 Å². The summed E-state index contributed by atoms with van der Waals surface area (Å²) in [6.07, 6.45) is 5.16. The minimum Gasteiger partial charge on any atom is -0.356 e. The van der Waals surface area contributed by atoms with Crippen molar-refractivity contribution in [2.75, 3.05) is 23.3 Å². The number of benzene rings is 1. The zero-order chi connectivity index (χ0) is 15.4. The molecular weight excluding hydrogens is 391 g/mol. The fourth-order valence-electron chi connectivity index (χ4n) is 2.54. The van der Waals surface area contributed by atoms with E-state index in [-0.39, 0.29) is 5.91 Å². The highest BCUT2D eigenvalue weighted by Crippen LogP contribution is 2.20. The Balaban J connectivity index is 1.75. The average molecular weight is 408 g/mol. The highest BCUT2D eigenvalue weighted by Gasteiger charge is 2.14. The van der Waals surface area contributed by atoms with Crippen molar-refractivity contribution in [3.8, 4) is 0 Å². The third-order valence-electron chi connectivity index (χ3n) is 3.69. The van der Waals surface area contributed by atoms with Gasteiger partial charge in [-0.05, 0) is 54.0 Å². The maximum atomic E-state index is 12.3. The van der Waals surface area contributed by atoms with Crippen LogP contribution in [-0.2, 0) is 0 Å². The van der Waals surface area contributed by atoms with E-state index in [1.165, 1.54) is 25.6 Å². The Bertz CT molecular complexity index is 671. The molecule has 0 atom stereocenters. The highest BCUT2D eigenvalue weighted by atomic mass is 127. The first-order valence-corrected chi connectivity index (χ1v) is 8.45. The van der Waals surface area contributed by atoms with Gasteiger partial charge in [0, 0.05) is 22.7 Å². The Hall–Kier alpha value is -1.70. The topological polar surface area (TPSA) is 58.1 Å². The second kappa shape index (κ2) is 7.04. The summed E-state index contributed by atoms with van der Waals surface area (Å²) in [6.45, 7) is 2.03. The minimum absolute atomic E-state index is 0.145. The van der Waals surface area contributed by atoms with E-state index in [0.717, 1.165) is 22.5 Å². The third kappa shape index (κ3) is 3.55. The summed E-state index contributed by atoms with van der Waals surface area (Å²) in [5, 5.41) is 2.86. The molecule has 3 rings (SSSR count). The number of nitrogens with one attached hydrogen (secondary N) is 1. The molecule has 22 heavy (non-hydrogen) atoms. The molecule has 0 spiro atoms. The average Bonchev–Trinajstić information content (AvgIpc) is 2.56. The van der Waals surface area contributed by atoms with Gasteiger partial charge >= 0.3 is 0 Å². The van der Waals surface area contributed by atoms with Crippen LogP contribution < -0.4 is 10.2 Å². The molecule has 0 aliphatic carbocycles. The number of halogens is 1. The van der Waals surface area contributed by atoms with Crippen LogP contribution in [0.15, 0.2) is 36.7 Å². The van der Waals surface area contributed by atoms with Gasteiger partial charge in [-0.3, -0.25) is 4.79 Å². The fraction of sp³-hybridized carbons (Fsp3) is 0.312. The minimum atomic E-state index is -0.145. The smallest absolute Gasteiger partial charge is 0.257 e. The van der Waals surface area contributed by atoms with E-state index >= 15 is 0 Å². The Morgan fingerprint density at radius 1 is 1.14 bits per heavy atom.